The molecule has 0 spiro atoms. The molecule has 19 heavy (non-hydrogen) atoms. The van der Waals surface area contributed by atoms with Crippen molar-refractivity contribution in [2.24, 2.45) is 5.73 Å². The van der Waals surface area contributed by atoms with Crippen molar-refractivity contribution in [3.05, 3.63) is 41.4 Å². The molecule has 1 amide bonds. The first-order chi connectivity index (χ1) is 8.95. The summed E-state index contributed by atoms with van der Waals surface area (Å²) in [5, 5.41) is 3.26. The van der Waals surface area contributed by atoms with Gasteiger partial charge in [-0.3, -0.25) is 4.79 Å². The van der Waals surface area contributed by atoms with Crippen LogP contribution in [-0.2, 0) is 4.79 Å². The van der Waals surface area contributed by atoms with Gasteiger partial charge in [-0.2, -0.15) is 0 Å². The van der Waals surface area contributed by atoms with Crippen LogP contribution in [0.4, 0.5) is 0 Å². The van der Waals surface area contributed by atoms with Crippen LogP contribution in [0.3, 0.4) is 0 Å². The summed E-state index contributed by atoms with van der Waals surface area (Å²) in [5.74, 6) is 0.367. The zero-order chi connectivity index (χ0) is 14.4. The molecule has 0 saturated carbocycles. The number of nitrogens with two attached hydrogens (primary N) is 1. The van der Waals surface area contributed by atoms with Gasteiger partial charge in [0.05, 0.1) is 0 Å². The van der Waals surface area contributed by atoms with Gasteiger partial charge in [-0.05, 0) is 32.0 Å². The van der Waals surface area contributed by atoms with Gasteiger partial charge in [0.1, 0.15) is 5.75 Å². The molecule has 3 N–H and O–H groups in total. The van der Waals surface area contributed by atoms with Crippen molar-refractivity contribution in [1.82, 2.24) is 5.32 Å². The summed E-state index contributed by atoms with van der Waals surface area (Å²) < 4.78 is 5.64. The third-order valence-corrected chi connectivity index (χ3v) is 2.79. The Hall–Kier alpha value is -1.52. The van der Waals surface area contributed by atoms with Crippen molar-refractivity contribution in [1.29, 1.82) is 0 Å². The van der Waals surface area contributed by atoms with E-state index < -0.39 is 6.10 Å². The van der Waals surface area contributed by atoms with E-state index in [1.807, 2.05) is 6.92 Å². The minimum atomic E-state index is -0.612. The number of halogens is 1. The number of hydrogen-bond acceptors (Lipinski definition) is 3. The lowest BCUT2D eigenvalue weighted by atomic mass is 10.1. The van der Waals surface area contributed by atoms with Crippen LogP contribution in [0, 0.1) is 0 Å². The van der Waals surface area contributed by atoms with Gasteiger partial charge in [0, 0.05) is 23.2 Å². The molecule has 5 heteroatoms. The standard InChI is InChI=1S/C14H19ClN2O2/c1-4-7-17-14(18)10(3)19-13-6-5-11(15)8-12(13)9(2)16/h4-6,8-10H,1,7,16H2,2-3H3,(H,17,18)/t9-,10?/m1/s1. The van der Waals surface area contributed by atoms with E-state index in [-0.39, 0.29) is 11.9 Å². The van der Waals surface area contributed by atoms with E-state index >= 15 is 0 Å². The summed E-state index contributed by atoms with van der Waals surface area (Å²) in [4.78, 5) is 11.7. The molecule has 0 aromatic heterocycles. The SMILES string of the molecule is C=CCNC(=O)C(C)Oc1ccc(Cl)cc1[C@@H](C)N. The lowest BCUT2D eigenvalue weighted by Gasteiger charge is -2.18. The number of carbonyl (C=O) groups excluding carboxylic acids is 1. The summed E-state index contributed by atoms with van der Waals surface area (Å²) in [7, 11) is 0. The predicted molar refractivity (Wildman–Crippen MR) is 77.4 cm³/mol. The monoisotopic (exact) mass is 282 g/mol. The molecule has 0 aliphatic rings. The Balaban J connectivity index is 2.81. The smallest absolute Gasteiger partial charge is 0.261 e. The maximum Gasteiger partial charge on any atom is 0.261 e. The lowest BCUT2D eigenvalue weighted by molar-refractivity contribution is -0.127. The van der Waals surface area contributed by atoms with Gasteiger partial charge in [0.2, 0.25) is 0 Å². The van der Waals surface area contributed by atoms with Gasteiger partial charge in [0.25, 0.3) is 5.91 Å². The molecule has 0 fully saturated rings. The number of nitrogens with one attached hydrogen (secondary N) is 1. The molecular weight excluding hydrogens is 264 g/mol. The quantitative estimate of drug-likeness (QED) is 0.788. The van der Waals surface area contributed by atoms with Gasteiger partial charge in [0.15, 0.2) is 6.10 Å². The molecule has 0 radical (unpaired) electrons. The molecule has 0 aliphatic carbocycles. The van der Waals surface area contributed by atoms with Crippen LogP contribution in [0.2, 0.25) is 5.02 Å². The second-order valence-electron chi connectivity index (χ2n) is 4.26. The van der Waals surface area contributed by atoms with Crippen molar-refractivity contribution < 1.29 is 9.53 Å². The van der Waals surface area contributed by atoms with Crippen molar-refractivity contribution in [2.45, 2.75) is 26.0 Å². The van der Waals surface area contributed by atoms with Crippen molar-refractivity contribution in [2.75, 3.05) is 6.54 Å². The molecule has 0 aliphatic heterocycles. The minimum Gasteiger partial charge on any atom is -0.481 e. The predicted octanol–water partition coefficient (Wildman–Crippen LogP) is 2.43. The van der Waals surface area contributed by atoms with Crippen LogP contribution >= 0.6 is 11.6 Å². The van der Waals surface area contributed by atoms with Crippen LogP contribution in [0.25, 0.3) is 0 Å². The fraction of sp³-hybridized carbons (Fsp3) is 0.357. The molecule has 1 aromatic carbocycles. The zero-order valence-electron chi connectivity index (χ0n) is 11.2. The third kappa shape index (κ3) is 4.58. The van der Waals surface area contributed by atoms with E-state index in [4.69, 9.17) is 22.1 Å². The van der Waals surface area contributed by atoms with Gasteiger partial charge in [-0.25, -0.2) is 0 Å². The average molecular weight is 283 g/mol. The van der Waals surface area contributed by atoms with Crippen LogP contribution in [0.15, 0.2) is 30.9 Å². The largest absolute Gasteiger partial charge is 0.481 e. The first kappa shape index (κ1) is 15.5. The maximum atomic E-state index is 11.7. The Kier molecular flexibility index (Phi) is 5.86. The highest BCUT2D eigenvalue weighted by molar-refractivity contribution is 6.30. The number of ether oxygens (including phenoxy) is 1. The van der Waals surface area contributed by atoms with Crippen molar-refractivity contribution in [3.63, 3.8) is 0 Å². The molecule has 0 heterocycles. The third-order valence-electron chi connectivity index (χ3n) is 2.56. The Bertz CT molecular complexity index is 461. The number of amides is 1. The fourth-order valence-electron chi connectivity index (χ4n) is 1.54. The molecule has 104 valence electrons. The minimum absolute atomic E-state index is 0.203. The first-order valence-corrected chi connectivity index (χ1v) is 6.43. The van der Waals surface area contributed by atoms with Crippen LogP contribution < -0.4 is 15.8 Å². The average Bonchev–Trinajstić information content (AvgIpc) is 2.37. The molecule has 1 unspecified atom stereocenters. The van der Waals surface area contributed by atoms with Crippen molar-refractivity contribution in [3.8, 4) is 5.75 Å². The molecule has 0 saturated heterocycles. The number of carbonyl (C=O) groups is 1. The molecular formula is C14H19ClN2O2. The number of hydrogen-bond donors (Lipinski definition) is 2. The van der Waals surface area contributed by atoms with E-state index in [2.05, 4.69) is 11.9 Å². The van der Waals surface area contributed by atoms with E-state index in [1.165, 1.54) is 0 Å². The highest BCUT2D eigenvalue weighted by Gasteiger charge is 2.17. The molecule has 4 nitrogen and oxygen atoms in total. The maximum absolute atomic E-state index is 11.7. The molecule has 1 aromatic rings. The van der Waals surface area contributed by atoms with E-state index in [9.17, 15) is 4.79 Å². The van der Waals surface area contributed by atoms with E-state index in [1.54, 1.807) is 31.2 Å². The van der Waals surface area contributed by atoms with Crippen LogP contribution in [0.5, 0.6) is 5.75 Å². The molecule has 2 atom stereocenters. The number of benzene rings is 1. The van der Waals surface area contributed by atoms with Crippen LogP contribution in [-0.4, -0.2) is 18.6 Å². The van der Waals surface area contributed by atoms with Gasteiger partial charge in [-0.1, -0.05) is 17.7 Å². The lowest BCUT2D eigenvalue weighted by Crippen LogP contribution is -2.36. The Labute approximate surface area is 118 Å². The highest BCUT2D eigenvalue weighted by Crippen LogP contribution is 2.28. The summed E-state index contributed by atoms with van der Waals surface area (Å²) >= 11 is 5.93. The molecule has 1 rings (SSSR count). The van der Waals surface area contributed by atoms with Gasteiger partial charge < -0.3 is 15.8 Å². The summed E-state index contributed by atoms with van der Waals surface area (Å²) in [6.45, 7) is 7.46. The fourth-order valence-corrected chi connectivity index (χ4v) is 1.72. The van der Waals surface area contributed by atoms with Gasteiger partial charge in [-0.15, -0.1) is 6.58 Å². The molecule has 0 bridgehead atoms. The second kappa shape index (κ2) is 7.16. The Morgan fingerprint density at radius 1 is 1.58 bits per heavy atom. The Morgan fingerprint density at radius 3 is 2.84 bits per heavy atom. The topological polar surface area (TPSA) is 64.3 Å². The zero-order valence-corrected chi connectivity index (χ0v) is 11.9. The van der Waals surface area contributed by atoms with E-state index in [0.29, 0.717) is 17.3 Å². The summed E-state index contributed by atoms with van der Waals surface area (Å²) in [6, 6.07) is 4.95. The Morgan fingerprint density at radius 2 is 2.26 bits per heavy atom. The second-order valence-corrected chi connectivity index (χ2v) is 4.70. The summed E-state index contributed by atoms with van der Waals surface area (Å²) in [5.41, 5.74) is 6.64. The van der Waals surface area contributed by atoms with Crippen molar-refractivity contribution >= 4 is 17.5 Å². The number of rotatable bonds is 6. The van der Waals surface area contributed by atoms with Crippen LogP contribution in [0.1, 0.15) is 25.5 Å². The van der Waals surface area contributed by atoms with E-state index in [0.717, 1.165) is 5.56 Å². The first-order valence-electron chi connectivity index (χ1n) is 6.06. The normalized spacial score (nSPS) is 13.5. The van der Waals surface area contributed by atoms with Gasteiger partial charge >= 0.3 is 0 Å². The summed E-state index contributed by atoms with van der Waals surface area (Å²) in [6.07, 6.45) is 0.999. The highest BCUT2D eigenvalue weighted by atomic mass is 35.5.